The van der Waals surface area contributed by atoms with Gasteiger partial charge in [0.05, 0.1) is 6.61 Å². The topological polar surface area (TPSA) is 12.5 Å². The van der Waals surface area contributed by atoms with E-state index in [2.05, 4.69) is 19.0 Å². The van der Waals surface area contributed by atoms with Gasteiger partial charge in [-0.05, 0) is 70.6 Å². The van der Waals surface area contributed by atoms with Crippen molar-refractivity contribution in [2.24, 2.45) is 0 Å². The van der Waals surface area contributed by atoms with Gasteiger partial charge in [-0.1, -0.05) is 11.6 Å². The van der Waals surface area contributed by atoms with E-state index in [-0.39, 0.29) is 0 Å². The molecule has 0 atom stereocenters. The molecule has 0 aliphatic heterocycles. The van der Waals surface area contributed by atoms with Gasteiger partial charge in [-0.2, -0.15) is 0 Å². The van der Waals surface area contributed by atoms with Crippen LogP contribution in [0.4, 0.5) is 0 Å². The van der Waals surface area contributed by atoms with Crippen molar-refractivity contribution in [1.82, 2.24) is 4.90 Å². The second-order valence-electron chi connectivity index (χ2n) is 4.73. The number of hydrogen-bond donors (Lipinski definition) is 0. The SMILES string of the molecule is Cc1cc(OCCCCN(C)C)cc(C)c1Cl. The predicted octanol–water partition coefficient (Wildman–Crippen LogP) is 3.68. The van der Waals surface area contributed by atoms with Crippen LogP contribution >= 0.6 is 11.6 Å². The van der Waals surface area contributed by atoms with Crippen molar-refractivity contribution in [2.75, 3.05) is 27.2 Å². The molecule has 0 saturated heterocycles. The number of unbranched alkanes of at least 4 members (excludes halogenated alkanes) is 1. The first-order valence-corrected chi connectivity index (χ1v) is 6.43. The van der Waals surface area contributed by atoms with Gasteiger partial charge in [-0.3, -0.25) is 0 Å². The first-order valence-electron chi connectivity index (χ1n) is 6.05. The third kappa shape index (κ3) is 4.97. The van der Waals surface area contributed by atoms with Crippen LogP contribution in [0.25, 0.3) is 0 Å². The fourth-order valence-electron chi connectivity index (χ4n) is 1.71. The fourth-order valence-corrected chi connectivity index (χ4v) is 1.82. The second-order valence-corrected chi connectivity index (χ2v) is 5.11. The third-order valence-corrected chi connectivity index (χ3v) is 3.27. The molecule has 0 spiro atoms. The van der Waals surface area contributed by atoms with Crippen molar-refractivity contribution in [3.8, 4) is 5.75 Å². The molecule has 1 rings (SSSR count). The fraction of sp³-hybridized carbons (Fsp3) is 0.571. The molecule has 0 aliphatic carbocycles. The smallest absolute Gasteiger partial charge is 0.119 e. The molecule has 2 nitrogen and oxygen atoms in total. The Morgan fingerprint density at radius 2 is 1.71 bits per heavy atom. The van der Waals surface area contributed by atoms with Gasteiger partial charge in [0.15, 0.2) is 0 Å². The lowest BCUT2D eigenvalue weighted by Gasteiger charge is -2.11. The summed E-state index contributed by atoms with van der Waals surface area (Å²) < 4.78 is 5.73. The Hall–Kier alpha value is -0.730. The minimum Gasteiger partial charge on any atom is -0.494 e. The quantitative estimate of drug-likeness (QED) is 0.719. The van der Waals surface area contributed by atoms with Gasteiger partial charge >= 0.3 is 0 Å². The minimum atomic E-state index is 0.772. The average Bonchev–Trinajstić information content (AvgIpc) is 2.25. The Morgan fingerprint density at radius 3 is 2.24 bits per heavy atom. The molecule has 0 fully saturated rings. The summed E-state index contributed by atoms with van der Waals surface area (Å²) in [5, 5.41) is 0.838. The molecule has 0 unspecified atom stereocenters. The molecule has 0 amide bonds. The molecule has 1 aromatic carbocycles. The van der Waals surface area contributed by atoms with Crippen LogP contribution in [0.1, 0.15) is 24.0 Å². The Kier molecular flexibility index (Phi) is 5.79. The van der Waals surface area contributed by atoms with Crippen molar-refractivity contribution in [3.05, 3.63) is 28.3 Å². The van der Waals surface area contributed by atoms with Gasteiger partial charge in [0.25, 0.3) is 0 Å². The summed E-state index contributed by atoms with van der Waals surface area (Å²) >= 11 is 6.11. The maximum absolute atomic E-state index is 6.11. The number of hydrogen-bond acceptors (Lipinski definition) is 2. The Morgan fingerprint density at radius 1 is 1.12 bits per heavy atom. The highest BCUT2D eigenvalue weighted by Crippen LogP contribution is 2.25. The summed E-state index contributed by atoms with van der Waals surface area (Å²) in [5.74, 6) is 0.925. The van der Waals surface area contributed by atoms with Crippen LogP contribution in [0.5, 0.6) is 5.75 Å². The van der Waals surface area contributed by atoms with Crippen LogP contribution in [0.15, 0.2) is 12.1 Å². The lowest BCUT2D eigenvalue weighted by molar-refractivity contribution is 0.293. The Balaban J connectivity index is 2.37. The molecule has 0 bridgehead atoms. The van der Waals surface area contributed by atoms with Crippen LogP contribution in [-0.4, -0.2) is 32.1 Å². The molecule has 0 aromatic heterocycles. The van der Waals surface area contributed by atoms with E-state index in [1.54, 1.807) is 0 Å². The summed E-state index contributed by atoms with van der Waals surface area (Å²) in [4.78, 5) is 2.19. The van der Waals surface area contributed by atoms with Crippen molar-refractivity contribution in [2.45, 2.75) is 26.7 Å². The monoisotopic (exact) mass is 255 g/mol. The van der Waals surface area contributed by atoms with Crippen molar-refractivity contribution in [1.29, 1.82) is 0 Å². The van der Waals surface area contributed by atoms with Gasteiger partial charge in [0.1, 0.15) is 5.75 Å². The summed E-state index contributed by atoms with van der Waals surface area (Å²) in [6.07, 6.45) is 2.25. The maximum atomic E-state index is 6.11. The van der Waals surface area contributed by atoms with Crippen molar-refractivity contribution >= 4 is 11.6 Å². The predicted molar refractivity (Wildman–Crippen MR) is 74.2 cm³/mol. The standard InChI is InChI=1S/C14H22ClNO/c1-11-9-13(10-12(2)14(11)15)17-8-6-5-7-16(3)4/h9-10H,5-8H2,1-4H3. The first kappa shape index (κ1) is 14.3. The summed E-state index contributed by atoms with van der Waals surface area (Å²) in [6, 6.07) is 4.00. The molecule has 3 heteroatoms. The number of aryl methyl sites for hydroxylation is 2. The number of benzene rings is 1. The molecular weight excluding hydrogens is 234 g/mol. The number of ether oxygens (including phenoxy) is 1. The second kappa shape index (κ2) is 6.87. The highest BCUT2D eigenvalue weighted by molar-refractivity contribution is 6.32. The number of nitrogens with zero attached hydrogens (tertiary/aromatic N) is 1. The zero-order valence-corrected chi connectivity index (χ0v) is 12.0. The summed E-state index contributed by atoms with van der Waals surface area (Å²) in [5.41, 5.74) is 2.16. The summed E-state index contributed by atoms with van der Waals surface area (Å²) in [6.45, 7) is 5.90. The Labute approximate surface area is 110 Å². The largest absolute Gasteiger partial charge is 0.494 e. The molecule has 17 heavy (non-hydrogen) atoms. The molecular formula is C14H22ClNO. The molecule has 96 valence electrons. The molecule has 0 heterocycles. The van der Waals surface area contributed by atoms with Crippen LogP contribution in [0, 0.1) is 13.8 Å². The van der Waals surface area contributed by atoms with E-state index in [4.69, 9.17) is 16.3 Å². The van der Waals surface area contributed by atoms with E-state index in [1.807, 2.05) is 26.0 Å². The van der Waals surface area contributed by atoms with E-state index < -0.39 is 0 Å². The van der Waals surface area contributed by atoms with E-state index in [0.29, 0.717) is 0 Å². The van der Waals surface area contributed by atoms with Gasteiger partial charge in [-0.25, -0.2) is 0 Å². The van der Waals surface area contributed by atoms with Crippen molar-refractivity contribution in [3.63, 3.8) is 0 Å². The van der Waals surface area contributed by atoms with Gasteiger partial charge in [0.2, 0.25) is 0 Å². The van der Waals surface area contributed by atoms with E-state index in [1.165, 1.54) is 6.42 Å². The normalized spacial score (nSPS) is 10.9. The van der Waals surface area contributed by atoms with E-state index in [9.17, 15) is 0 Å². The minimum absolute atomic E-state index is 0.772. The van der Waals surface area contributed by atoms with Crippen LogP contribution < -0.4 is 4.74 Å². The van der Waals surface area contributed by atoms with Crippen LogP contribution in [0.2, 0.25) is 5.02 Å². The number of rotatable bonds is 6. The first-order chi connectivity index (χ1) is 8.00. The lowest BCUT2D eigenvalue weighted by Crippen LogP contribution is -2.13. The van der Waals surface area contributed by atoms with Gasteiger partial charge in [0, 0.05) is 5.02 Å². The Bertz CT molecular complexity index is 340. The van der Waals surface area contributed by atoms with Gasteiger partial charge in [-0.15, -0.1) is 0 Å². The molecule has 0 aliphatic rings. The average molecular weight is 256 g/mol. The van der Waals surface area contributed by atoms with E-state index >= 15 is 0 Å². The lowest BCUT2D eigenvalue weighted by atomic mass is 10.1. The highest BCUT2D eigenvalue weighted by Gasteiger charge is 2.03. The molecule has 0 radical (unpaired) electrons. The van der Waals surface area contributed by atoms with Crippen LogP contribution in [-0.2, 0) is 0 Å². The highest BCUT2D eigenvalue weighted by atomic mass is 35.5. The zero-order chi connectivity index (χ0) is 12.8. The van der Waals surface area contributed by atoms with Crippen LogP contribution in [0.3, 0.4) is 0 Å². The third-order valence-electron chi connectivity index (χ3n) is 2.68. The molecule has 0 saturated carbocycles. The molecule has 0 N–H and O–H groups in total. The van der Waals surface area contributed by atoms with Crippen molar-refractivity contribution < 1.29 is 4.74 Å². The van der Waals surface area contributed by atoms with E-state index in [0.717, 1.165) is 41.5 Å². The maximum Gasteiger partial charge on any atom is 0.119 e. The summed E-state index contributed by atoms with van der Waals surface area (Å²) in [7, 11) is 4.18. The molecule has 1 aromatic rings. The van der Waals surface area contributed by atoms with Gasteiger partial charge < -0.3 is 9.64 Å². The zero-order valence-electron chi connectivity index (χ0n) is 11.2. The number of halogens is 1.